The number of carbonyl (C=O) groups excluding carboxylic acids is 1. The fourth-order valence-corrected chi connectivity index (χ4v) is 2.53. The molecule has 7 heteroatoms. The average Bonchev–Trinajstić information content (AvgIpc) is 2.65. The molecule has 0 aliphatic heterocycles. The highest BCUT2D eigenvalue weighted by Gasteiger charge is 2.20. The molecule has 27 heavy (non-hydrogen) atoms. The molecule has 1 amide bonds. The molecule has 1 unspecified atom stereocenters. The van der Waals surface area contributed by atoms with Crippen LogP contribution >= 0.6 is 0 Å². The van der Waals surface area contributed by atoms with Crippen molar-refractivity contribution in [2.75, 3.05) is 26.8 Å². The zero-order valence-corrected chi connectivity index (χ0v) is 16.4. The summed E-state index contributed by atoms with van der Waals surface area (Å²) >= 11 is 0. The van der Waals surface area contributed by atoms with Crippen molar-refractivity contribution in [3.05, 3.63) is 53.9 Å². The van der Waals surface area contributed by atoms with Gasteiger partial charge in [0.2, 0.25) is 5.91 Å². The van der Waals surface area contributed by atoms with Crippen LogP contribution in [0.5, 0.6) is 0 Å². The van der Waals surface area contributed by atoms with E-state index >= 15 is 0 Å². The molecule has 0 bridgehead atoms. The van der Waals surface area contributed by atoms with E-state index in [1.165, 1.54) is 0 Å². The maximum absolute atomic E-state index is 12.8. The quantitative estimate of drug-likeness (QED) is 0.762. The third-order valence-electron chi connectivity index (χ3n) is 4.11. The maximum Gasteiger partial charge on any atom is 0.227 e. The Morgan fingerprint density at radius 3 is 2.52 bits per heavy atom. The largest absolute Gasteiger partial charge is 0.386 e. The van der Waals surface area contributed by atoms with Gasteiger partial charge in [-0.25, -0.2) is 9.97 Å². The van der Waals surface area contributed by atoms with Crippen molar-refractivity contribution in [3.8, 4) is 0 Å². The predicted octanol–water partition coefficient (Wildman–Crippen LogP) is 1.92. The van der Waals surface area contributed by atoms with Gasteiger partial charge in [-0.05, 0) is 11.6 Å². The van der Waals surface area contributed by atoms with Gasteiger partial charge >= 0.3 is 0 Å². The first-order valence-corrected chi connectivity index (χ1v) is 8.97. The molecular formula is C20H28N4O3. The van der Waals surface area contributed by atoms with Crippen molar-refractivity contribution in [1.82, 2.24) is 19.9 Å². The van der Waals surface area contributed by atoms with E-state index in [1.54, 1.807) is 48.9 Å². The molecule has 0 aliphatic carbocycles. The molecule has 0 spiro atoms. The van der Waals surface area contributed by atoms with E-state index in [1.807, 2.05) is 20.8 Å². The molecule has 0 saturated carbocycles. The lowest BCUT2D eigenvalue weighted by Crippen LogP contribution is -2.38. The molecule has 0 fully saturated rings. The molecule has 1 N–H and O–H groups in total. The average molecular weight is 372 g/mol. The highest BCUT2D eigenvalue weighted by molar-refractivity contribution is 5.78. The van der Waals surface area contributed by atoms with Crippen LogP contribution in [-0.4, -0.2) is 57.7 Å². The minimum Gasteiger partial charge on any atom is -0.386 e. The Hall–Kier alpha value is -2.38. The van der Waals surface area contributed by atoms with E-state index in [0.717, 1.165) is 11.4 Å². The molecule has 1 atom stereocenters. The standard InChI is InChI=1S/C20H28N4O3/c1-20(2,3)19-22-11-15(12-23-19)10-18(26)24(8-9-27-4)14-17(25)16-6-5-7-21-13-16/h5-7,11-13,17,25H,8-10,14H2,1-4H3. The van der Waals surface area contributed by atoms with Gasteiger partial charge in [0, 0.05) is 49.4 Å². The SMILES string of the molecule is COCCN(CC(O)c1cccnc1)C(=O)Cc1cnc(C(C)(C)C)nc1. The van der Waals surface area contributed by atoms with Gasteiger partial charge in [0.15, 0.2) is 0 Å². The van der Waals surface area contributed by atoms with E-state index in [0.29, 0.717) is 18.7 Å². The fraction of sp³-hybridized carbons (Fsp3) is 0.500. The molecule has 0 aliphatic rings. The van der Waals surface area contributed by atoms with Crippen molar-refractivity contribution in [1.29, 1.82) is 0 Å². The smallest absolute Gasteiger partial charge is 0.227 e. The number of nitrogens with zero attached hydrogens (tertiary/aromatic N) is 4. The van der Waals surface area contributed by atoms with Crippen molar-refractivity contribution in [2.45, 2.75) is 38.7 Å². The Balaban J connectivity index is 2.05. The van der Waals surface area contributed by atoms with Crippen LogP contribution < -0.4 is 0 Å². The van der Waals surface area contributed by atoms with Gasteiger partial charge in [-0.3, -0.25) is 9.78 Å². The molecule has 2 rings (SSSR count). The second-order valence-corrected chi connectivity index (χ2v) is 7.48. The lowest BCUT2D eigenvalue weighted by atomic mass is 9.96. The van der Waals surface area contributed by atoms with Crippen LogP contribution in [0.3, 0.4) is 0 Å². The normalized spacial score (nSPS) is 12.6. The molecule has 2 aromatic rings. The van der Waals surface area contributed by atoms with Crippen LogP contribution in [0.4, 0.5) is 0 Å². The summed E-state index contributed by atoms with van der Waals surface area (Å²) in [5.74, 6) is 0.629. The number of hydrogen-bond donors (Lipinski definition) is 1. The summed E-state index contributed by atoms with van der Waals surface area (Å²) in [5.41, 5.74) is 1.28. The van der Waals surface area contributed by atoms with Crippen molar-refractivity contribution >= 4 is 5.91 Å². The first-order chi connectivity index (χ1) is 12.8. The van der Waals surface area contributed by atoms with Gasteiger partial charge in [-0.2, -0.15) is 0 Å². The minimum absolute atomic E-state index is 0.109. The lowest BCUT2D eigenvalue weighted by Gasteiger charge is -2.25. The van der Waals surface area contributed by atoms with Crippen molar-refractivity contribution < 1.29 is 14.6 Å². The monoisotopic (exact) mass is 372 g/mol. The highest BCUT2D eigenvalue weighted by Crippen LogP contribution is 2.18. The second-order valence-electron chi connectivity index (χ2n) is 7.48. The Morgan fingerprint density at radius 1 is 1.26 bits per heavy atom. The van der Waals surface area contributed by atoms with Gasteiger partial charge in [-0.1, -0.05) is 26.8 Å². The molecule has 7 nitrogen and oxygen atoms in total. The second kappa shape index (κ2) is 9.53. The van der Waals surface area contributed by atoms with E-state index < -0.39 is 6.10 Å². The van der Waals surface area contributed by atoms with E-state index in [4.69, 9.17) is 4.74 Å². The van der Waals surface area contributed by atoms with Gasteiger partial charge in [0.25, 0.3) is 0 Å². The fourth-order valence-electron chi connectivity index (χ4n) is 2.53. The van der Waals surface area contributed by atoms with Crippen LogP contribution in [0, 0.1) is 0 Å². The zero-order chi connectivity index (χ0) is 19.9. The minimum atomic E-state index is -0.806. The third-order valence-corrected chi connectivity index (χ3v) is 4.11. The van der Waals surface area contributed by atoms with Crippen LogP contribution in [0.25, 0.3) is 0 Å². The molecule has 2 heterocycles. The van der Waals surface area contributed by atoms with E-state index in [9.17, 15) is 9.90 Å². The molecule has 0 aromatic carbocycles. The molecule has 0 radical (unpaired) electrons. The molecular weight excluding hydrogens is 344 g/mol. The highest BCUT2D eigenvalue weighted by atomic mass is 16.5. The van der Waals surface area contributed by atoms with Crippen LogP contribution in [0.15, 0.2) is 36.9 Å². The van der Waals surface area contributed by atoms with Gasteiger partial charge in [-0.15, -0.1) is 0 Å². The molecule has 146 valence electrons. The summed E-state index contributed by atoms with van der Waals surface area (Å²) < 4.78 is 5.10. The van der Waals surface area contributed by atoms with E-state index in [-0.39, 0.29) is 24.3 Å². The number of rotatable bonds is 8. The van der Waals surface area contributed by atoms with Gasteiger partial charge in [0.05, 0.1) is 25.7 Å². The van der Waals surface area contributed by atoms with Crippen molar-refractivity contribution in [3.63, 3.8) is 0 Å². The zero-order valence-electron chi connectivity index (χ0n) is 16.4. The number of aliphatic hydroxyl groups is 1. The van der Waals surface area contributed by atoms with Gasteiger partial charge < -0.3 is 14.7 Å². The number of aromatic nitrogens is 3. The summed E-state index contributed by atoms with van der Waals surface area (Å²) in [5, 5.41) is 10.4. The van der Waals surface area contributed by atoms with Crippen LogP contribution in [0.1, 0.15) is 43.8 Å². The number of carbonyl (C=O) groups is 1. The molecule has 0 saturated heterocycles. The Kier molecular flexibility index (Phi) is 7.38. The number of ether oxygens (including phenoxy) is 1. The maximum atomic E-state index is 12.8. The van der Waals surface area contributed by atoms with Gasteiger partial charge in [0.1, 0.15) is 5.82 Å². The van der Waals surface area contributed by atoms with Crippen LogP contribution in [0.2, 0.25) is 0 Å². The summed E-state index contributed by atoms with van der Waals surface area (Å²) in [6.45, 7) is 7.09. The third kappa shape index (κ3) is 6.37. The number of amides is 1. The topological polar surface area (TPSA) is 88.4 Å². The number of aliphatic hydroxyl groups excluding tert-OH is 1. The molecule has 2 aromatic heterocycles. The number of methoxy groups -OCH3 is 1. The first kappa shape index (κ1) is 20.9. The van der Waals surface area contributed by atoms with Crippen LogP contribution in [-0.2, 0) is 21.4 Å². The summed E-state index contributed by atoms with van der Waals surface area (Å²) in [6, 6.07) is 3.55. The number of hydrogen-bond acceptors (Lipinski definition) is 6. The predicted molar refractivity (Wildman–Crippen MR) is 102 cm³/mol. The lowest BCUT2D eigenvalue weighted by molar-refractivity contribution is -0.132. The van der Waals surface area contributed by atoms with E-state index in [2.05, 4.69) is 15.0 Å². The Labute approximate surface area is 160 Å². The summed E-state index contributed by atoms with van der Waals surface area (Å²) in [7, 11) is 1.58. The summed E-state index contributed by atoms with van der Waals surface area (Å²) in [6.07, 6.45) is 6.00. The van der Waals surface area contributed by atoms with Crippen molar-refractivity contribution in [2.24, 2.45) is 0 Å². The Morgan fingerprint density at radius 2 is 1.96 bits per heavy atom. The summed E-state index contributed by atoms with van der Waals surface area (Å²) in [4.78, 5) is 27.1. The Bertz CT molecular complexity index is 714. The first-order valence-electron chi connectivity index (χ1n) is 8.97. The number of pyridine rings is 1.